The molecule has 0 aliphatic heterocycles. The van der Waals surface area contributed by atoms with Crippen LogP contribution in [0.25, 0.3) is 0 Å². The van der Waals surface area contributed by atoms with Crippen LogP contribution in [0.15, 0.2) is 17.5 Å². The first-order valence-corrected chi connectivity index (χ1v) is 6.19. The second-order valence-electron chi connectivity index (χ2n) is 3.74. The number of nitrogens with zero attached hydrogens (tertiary/aromatic N) is 1. The molecule has 2 nitrogen and oxygen atoms in total. The molecular weight excluding hydrogens is 242 g/mol. The van der Waals surface area contributed by atoms with Crippen LogP contribution in [0.5, 0.6) is 10.9 Å². The van der Waals surface area contributed by atoms with Gasteiger partial charge in [-0.05, 0) is 43.5 Å². The Kier molecular flexibility index (Phi) is 3.17. The average Bonchev–Trinajstić information content (AvgIpc) is 2.60. The second-order valence-corrected chi connectivity index (χ2v) is 4.95. The summed E-state index contributed by atoms with van der Waals surface area (Å²) in [6.07, 6.45) is 0. The van der Waals surface area contributed by atoms with Crippen molar-refractivity contribution < 1.29 is 4.74 Å². The molecule has 0 N–H and O–H groups in total. The molecule has 16 heavy (non-hydrogen) atoms. The van der Waals surface area contributed by atoms with Gasteiger partial charge in [-0.25, -0.2) is 0 Å². The molecule has 1 aromatic heterocycles. The molecule has 0 bridgehead atoms. The van der Waals surface area contributed by atoms with Crippen LogP contribution in [0.2, 0.25) is 5.15 Å². The molecule has 1 heterocycles. The molecule has 4 heteroatoms. The van der Waals surface area contributed by atoms with Gasteiger partial charge in [-0.1, -0.05) is 29.0 Å². The third-order valence-corrected chi connectivity index (χ3v) is 3.46. The normalized spacial score (nSPS) is 10.5. The molecule has 0 aliphatic rings. The van der Waals surface area contributed by atoms with Crippen LogP contribution < -0.4 is 4.74 Å². The summed E-state index contributed by atoms with van der Waals surface area (Å²) < 4.78 is 5.71. The molecule has 84 valence electrons. The number of aromatic nitrogens is 1. The quantitative estimate of drug-likeness (QED) is 0.785. The van der Waals surface area contributed by atoms with Crippen LogP contribution in [0, 0.1) is 20.8 Å². The van der Waals surface area contributed by atoms with E-state index in [0.717, 1.165) is 11.3 Å². The number of ether oxygens (including phenoxy) is 1. The van der Waals surface area contributed by atoms with Crippen molar-refractivity contribution in [2.24, 2.45) is 0 Å². The third-order valence-electron chi connectivity index (χ3n) is 2.42. The summed E-state index contributed by atoms with van der Waals surface area (Å²) in [5.41, 5.74) is 3.54. The average molecular weight is 254 g/mol. The maximum Gasteiger partial charge on any atom is 0.280 e. The minimum absolute atomic E-state index is 0.474. The molecule has 0 aliphatic carbocycles. The standard InChI is InChI=1S/C12H12ClNOS/c1-7-4-8(2)9(3)10(5-7)15-12-14-11(13)6-16-12/h4-6H,1-3H3. The monoisotopic (exact) mass is 253 g/mol. The number of rotatable bonds is 2. The predicted octanol–water partition coefficient (Wildman–Crippen LogP) is 4.51. The third kappa shape index (κ3) is 2.36. The fourth-order valence-electron chi connectivity index (χ4n) is 1.49. The van der Waals surface area contributed by atoms with Gasteiger partial charge in [-0.3, -0.25) is 0 Å². The molecule has 0 spiro atoms. The van der Waals surface area contributed by atoms with Gasteiger partial charge in [-0.2, -0.15) is 4.98 Å². The van der Waals surface area contributed by atoms with Crippen molar-refractivity contribution in [1.29, 1.82) is 0 Å². The van der Waals surface area contributed by atoms with Crippen molar-refractivity contribution in [1.82, 2.24) is 4.98 Å². The summed E-state index contributed by atoms with van der Waals surface area (Å²) in [5.74, 6) is 0.850. The van der Waals surface area contributed by atoms with E-state index in [2.05, 4.69) is 18.0 Å². The van der Waals surface area contributed by atoms with Crippen molar-refractivity contribution in [2.75, 3.05) is 0 Å². The number of benzene rings is 1. The van der Waals surface area contributed by atoms with Gasteiger partial charge in [0.2, 0.25) is 0 Å². The first-order valence-electron chi connectivity index (χ1n) is 4.93. The number of halogens is 1. The fourth-order valence-corrected chi connectivity index (χ4v) is 2.29. The van der Waals surface area contributed by atoms with E-state index in [1.165, 1.54) is 22.5 Å². The lowest BCUT2D eigenvalue weighted by atomic mass is 10.1. The van der Waals surface area contributed by atoms with Gasteiger partial charge < -0.3 is 4.74 Å². The van der Waals surface area contributed by atoms with E-state index < -0.39 is 0 Å². The van der Waals surface area contributed by atoms with E-state index in [-0.39, 0.29) is 0 Å². The Morgan fingerprint density at radius 1 is 1.25 bits per heavy atom. The zero-order valence-electron chi connectivity index (χ0n) is 9.37. The fraction of sp³-hybridized carbons (Fsp3) is 0.250. The maximum absolute atomic E-state index is 5.75. The van der Waals surface area contributed by atoms with E-state index >= 15 is 0 Å². The Bertz CT molecular complexity index is 522. The summed E-state index contributed by atoms with van der Waals surface area (Å²) in [5, 5.41) is 2.81. The van der Waals surface area contributed by atoms with Gasteiger partial charge >= 0.3 is 0 Å². The zero-order chi connectivity index (χ0) is 11.7. The second kappa shape index (κ2) is 4.44. The minimum atomic E-state index is 0.474. The largest absolute Gasteiger partial charge is 0.431 e. The van der Waals surface area contributed by atoms with Crippen molar-refractivity contribution in [2.45, 2.75) is 20.8 Å². The van der Waals surface area contributed by atoms with Gasteiger partial charge in [0.15, 0.2) is 0 Å². The molecule has 0 fully saturated rings. The van der Waals surface area contributed by atoms with Gasteiger partial charge in [0.1, 0.15) is 10.9 Å². The highest BCUT2D eigenvalue weighted by Gasteiger charge is 2.07. The van der Waals surface area contributed by atoms with Gasteiger partial charge in [0.25, 0.3) is 5.19 Å². The molecule has 0 unspecified atom stereocenters. The predicted molar refractivity (Wildman–Crippen MR) is 67.9 cm³/mol. The van der Waals surface area contributed by atoms with Crippen molar-refractivity contribution in [3.63, 3.8) is 0 Å². The first kappa shape index (κ1) is 11.4. The smallest absolute Gasteiger partial charge is 0.280 e. The van der Waals surface area contributed by atoms with Crippen LogP contribution in [-0.4, -0.2) is 4.98 Å². The number of aryl methyl sites for hydroxylation is 2. The highest BCUT2D eigenvalue weighted by molar-refractivity contribution is 7.11. The Labute approximate surface area is 104 Å². The summed E-state index contributed by atoms with van der Waals surface area (Å²) in [7, 11) is 0. The van der Waals surface area contributed by atoms with Gasteiger partial charge in [-0.15, -0.1) is 0 Å². The van der Waals surface area contributed by atoms with E-state index in [0.29, 0.717) is 10.3 Å². The van der Waals surface area contributed by atoms with Crippen molar-refractivity contribution in [3.05, 3.63) is 39.4 Å². The SMILES string of the molecule is Cc1cc(C)c(C)c(Oc2nc(Cl)cs2)c1. The molecule has 2 rings (SSSR count). The minimum Gasteiger partial charge on any atom is -0.431 e. The molecule has 2 aromatic rings. The molecule has 0 saturated heterocycles. The summed E-state index contributed by atoms with van der Waals surface area (Å²) in [6.45, 7) is 6.16. The van der Waals surface area contributed by atoms with Crippen molar-refractivity contribution in [3.8, 4) is 10.9 Å². The first-order chi connectivity index (χ1) is 7.56. The van der Waals surface area contributed by atoms with Crippen LogP contribution in [-0.2, 0) is 0 Å². The van der Waals surface area contributed by atoms with Crippen LogP contribution >= 0.6 is 22.9 Å². The lowest BCUT2D eigenvalue weighted by molar-refractivity contribution is 0.474. The van der Waals surface area contributed by atoms with E-state index in [1.54, 1.807) is 5.38 Å². The lowest BCUT2D eigenvalue weighted by Gasteiger charge is -2.09. The Hall–Kier alpha value is -1.06. The topological polar surface area (TPSA) is 22.1 Å². The molecule has 0 atom stereocenters. The highest BCUT2D eigenvalue weighted by Crippen LogP contribution is 2.31. The lowest BCUT2D eigenvalue weighted by Crippen LogP contribution is -1.91. The summed E-state index contributed by atoms with van der Waals surface area (Å²) in [6, 6.07) is 4.15. The molecule has 1 aromatic carbocycles. The van der Waals surface area contributed by atoms with E-state index in [4.69, 9.17) is 16.3 Å². The molecule has 0 radical (unpaired) electrons. The van der Waals surface area contributed by atoms with E-state index in [9.17, 15) is 0 Å². The maximum atomic E-state index is 5.75. The molecule has 0 amide bonds. The Morgan fingerprint density at radius 2 is 2.00 bits per heavy atom. The summed E-state index contributed by atoms with van der Waals surface area (Å²) >= 11 is 7.15. The Morgan fingerprint density at radius 3 is 2.62 bits per heavy atom. The van der Waals surface area contributed by atoms with Crippen LogP contribution in [0.1, 0.15) is 16.7 Å². The highest BCUT2D eigenvalue weighted by atomic mass is 35.5. The van der Waals surface area contributed by atoms with E-state index in [1.807, 2.05) is 19.9 Å². The summed E-state index contributed by atoms with van der Waals surface area (Å²) in [4.78, 5) is 4.07. The van der Waals surface area contributed by atoms with Crippen LogP contribution in [0.4, 0.5) is 0 Å². The van der Waals surface area contributed by atoms with Gasteiger partial charge in [0, 0.05) is 5.38 Å². The number of hydrogen-bond donors (Lipinski definition) is 0. The number of thiazole rings is 1. The Balaban J connectivity index is 2.34. The molecule has 0 saturated carbocycles. The van der Waals surface area contributed by atoms with Crippen LogP contribution in [0.3, 0.4) is 0 Å². The van der Waals surface area contributed by atoms with Gasteiger partial charge in [0.05, 0.1) is 0 Å². The number of hydrogen-bond acceptors (Lipinski definition) is 3. The molecular formula is C12H12ClNOS. The van der Waals surface area contributed by atoms with Crippen molar-refractivity contribution >= 4 is 22.9 Å². The zero-order valence-corrected chi connectivity index (χ0v) is 10.9.